The first-order valence-corrected chi connectivity index (χ1v) is 12.8. The molecule has 5 rings (SSSR count). The molecule has 2 amide bonds. The van der Waals surface area contributed by atoms with Crippen molar-refractivity contribution in [3.8, 4) is 0 Å². The minimum Gasteiger partial charge on any atom is -0.345 e. The zero-order valence-corrected chi connectivity index (χ0v) is 21.0. The summed E-state index contributed by atoms with van der Waals surface area (Å²) in [6.07, 6.45) is 0.664. The lowest BCUT2D eigenvalue weighted by Crippen LogP contribution is -2.35. The fraction of sp³-hybridized carbons (Fsp3) is 0.310. The average molecular weight is 524 g/mol. The van der Waals surface area contributed by atoms with Crippen LogP contribution in [0.3, 0.4) is 0 Å². The Bertz CT molecular complexity index is 1250. The van der Waals surface area contributed by atoms with E-state index in [1.165, 1.54) is 30.3 Å². The summed E-state index contributed by atoms with van der Waals surface area (Å²) < 4.78 is 28.4. The van der Waals surface area contributed by atoms with Gasteiger partial charge in [-0.2, -0.15) is 0 Å². The number of rotatable bonds is 7. The standard InChI is InChI=1S/C29H28ClF2N3O2/c30-23-10-6-12-25(32)27(23)29(37)35-17-20-15-34(16-21(20)18-35)14-13-26(19-7-2-1-3-8-19)33-28(36)22-9-4-5-11-24(22)31/h1-12,20-21,26H,13-18H2,(H,33,36)/t20-,21?,26?/m0/s1. The van der Waals surface area contributed by atoms with Crippen LogP contribution < -0.4 is 5.32 Å². The molecule has 3 atom stereocenters. The van der Waals surface area contributed by atoms with E-state index in [4.69, 9.17) is 11.6 Å². The zero-order chi connectivity index (χ0) is 25.9. The van der Waals surface area contributed by atoms with Crippen molar-refractivity contribution in [1.82, 2.24) is 15.1 Å². The lowest BCUT2D eigenvalue weighted by atomic mass is 10.0. The van der Waals surface area contributed by atoms with Gasteiger partial charge >= 0.3 is 0 Å². The maximum absolute atomic E-state index is 14.3. The van der Waals surface area contributed by atoms with E-state index in [0.717, 1.165) is 25.2 Å². The van der Waals surface area contributed by atoms with Crippen LogP contribution in [0.25, 0.3) is 0 Å². The molecule has 0 aromatic heterocycles. The average Bonchev–Trinajstić information content (AvgIpc) is 3.46. The van der Waals surface area contributed by atoms with Crippen molar-refractivity contribution in [1.29, 1.82) is 0 Å². The highest BCUT2D eigenvalue weighted by Crippen LogP contribution is 2.34. The van der Waals surface area contributed by atoms with Gasteiger partial charge in [-0.1, -0.05) is 60.1 Å². The summed E-state index contributed by atoms with van der Waals surface area (Å²) in [6, 6.07) is 19.7. The van der Waals surface area contributed by atoms with Crippen molar-refractivity contribution in [3.63, 3.8) is 0 Å². The van der Waals surface area contributed by atoms with Gasteiger partial charge < -0.3 is 15.1 Å². The lowest BCUT2D eigenvalue weighted by Gasteiger charge is -2.25. The van der Waals surface area contributed by atoms with Crippen LogP contribution in [0.5, 0.6) is 0 Å². The lowest BCUT2D eigenvalue weighted by molar-refractivity contribution is 0.0769. The molecular formula is C29H28ClF2N3O2. The fourth-order valence-corrected chi connectivity index (χ4v) is 5.74. The monoisotopic (exact) mass is 523 g/mol. The van der Waals surface area contributed by atoms with Gasteiger partial charge in [0.2, 0.25) is 0 Å². The van der Waals surface area contributed by atoms with E-state index in [1.807, 2.05) is 30.3 Å². The highest BCUT2D eigenvalue weighted by atomic mass is 35.5. The zero-order valence-electron chi connectivity index (χ0n) is 20.2. The molecule has 2 fully saturated rings. The molecule has 0 aliphatic carbocycles. The van der Waals surface area contributed by atoms with Crippen LogP contribution in [0.15, 0.2) is 72.8 Å². The predicted octanol–water partition coefficient (Wildman–Crippen LogP) is 5.18. The molecule has 2 aliphatic rings. The SMILES string of the molecule is O=C(NC(CCN1CC2CN(C(=O)c3c(F)cccc3Cl)C[C@@H]2C1)c1ccccc1)c1ccccc1F. The van der Waals surface area contributed by atoms with Crippen molar-refractivity contribution in [3.05, 3.63) is 106 Å². The van der Waals surface area contributed by atoms with Crippen LogP contribution in [0.4, 0.5) is 8.78 Å². The summed E-state index contributed by atoms with van der Waals surface area (Å²) in [6.45, 7) is 3.52. The summed E-state index contributed by atoms with van der Waals surface area (Å²) in [5.41, 5.74) is 0.932. The smallest absolute Gasteiger partial charge is 0.258 e. The van der Waals surface area contributed by atoms with Crippen molar-refractivity contribution >= 4 is 23.4 Å². The van der Waals surface area contributed by atoms with Gasteiger partial charge in [0, 0.05) is 32.7 Å². The topological polar surface area (TPSA) is 52.7 Å². The van der Waals surface area contributed by atoms with Gasteiger partial charge in [0.15, 0.2) is 0 Å². The molecule has 37 heavy (non-hydrogen) atoms. The second-order valence-corrected chi connectivity index (χ2v) is 10.2. The number of nitrogens with zero attached hydrogens (tertiary/aromatic N) is 2. The normalized spacial score (nSPS) is 20.0. The number of carbonyl (C=O) groups is 2. The van der Waals surface area contributed by atoms with Gasteiger partial charge in [-0.3, -0.25) is 9.59 Å². The van der Waals surface area contributed by atoms with Crippen molar-refractivity contribution in [2.75, 3.05) is 32.7 Å². The van der Waals surface area contributed by atoms with Crippen LogP contribution >= 0.6 is 11.6 Å². The van der Waals surface area contributed by atoms with Gasteiger partial charge in [0.25, 0.3) is 11.8 Å². The first kappa shape index (κ1) is 25.4. The largest absolute Gasteiger partial charge is 0.345 e. The Labute approximate surface area is 220 Å². The second kappa shape index (κ2) is 11.0. The molecule has 2 aliphatic heterocycles. The summed E-state index contributed by atoms with van der Waals surface area (Å²) in [5, 5.41) is 3.14. The number of likely N-dealkylation sites (tertiary alicyclic amines) is 2. The Kier molecular flexibility index (Phi) is 7.53. The van der Waals surface area contributed by atoms with Crippen LogP contribution in [0.2, 0.25) is 5.02 Å². The van der Waals surface area contributed by atoms with E-state index in [9.17, 15) is 18.4 Å². The quantitative estimate of drug-likeness (QED) is 0.464. The molecule has 5 nitrogen and oxygen atoms in total. The maximum Gasteiger partial charge on any atom is 0.258 e. The van der Waals surface area contributed by atoms with Crippen molar-refractivity contribution in [2.45, 2.75) is 12.5 Å². The Morgan fingerprint density at radius 1 is 0.865 bits per heavy atom. The molecule has 1 N–H and O–H groups in total. The second-order valence-electron chi connectivity index (χ2n) is 9.79. The van der Waals surface area contributed by atoms with Crippen LogP contribution in [0, 0.1) is 23.5 Å². The predicted molar refractivity (Wildman–Crippen MR) is 138 cm³/mol. The summed E-state index contributed by atoms with van der Waals surface area (Å²) >= 11 is 6.11. The summed E-state index contributed by atoms with van der Waals surface area (Å²) in [4.78, 5) is 29.8. The molecule has 2 heterocycles. The minimum absolute atomic E-state index is 0.0267. The highest BCUT2D eigenvalue weighted by Gasteiger charge is 2.42. The third-order valence-corrected chi connectivity index (χ3v) is 7.70. The van der Waals surface area contributed by atoms with E-state index in [1.54, 1.807) is 17.0 Å². The van der Waals surface area contributed by atoms with E-state index in [0.29, 0.717) is 31.3 Å². The third kappa shape index (κ3) is 5.53. The molecule has 8 heteroatoms. The van der Waals surface area contributed by atoms with Crippen molar-refractivity contribution in [2.24, 2.45) is 11.8 Å². The number of benzene rings is 3. The number of amides is 2. The molecule has 0 bridgehead atoms. The summed E-state index contributed by atoms with van der Waals surface area (Å²) in [5.74, 6) is -1.33. The van der Waals surface area contributed by atoms with E-state index < -0.39 is 17.5 Å². The highest BCUT2D eigenvalue weighted by molar-refractivity contribution is 6.33. The van der Waals surface area contributed by atoms with Gasteiger partial charge in [-0.05, 0) is 48.1 Å². The molecule has 0 saturated carbocycles. The Morgan fingerprint density at radius 2 is 1.51 bits per heavy atom. The van der Waals surface area contributed by atoms with E-state index in [2.05, 4.69) is 10.2 Å². The first-order chi connectivity index (χ1) is 17.9. The van der Waals surface area contributed by atoms with E-state index >= 15 is 0 Å². The number of hydrogen-bond acceptors (Lipinski definition) is 3. The molecule has 3 aromatic carbocycles. The van der Waals surface area contributed by atoms with Gasteiger partial charge in [0.05, 0.1) is 22.2 Å². The summed E-state index contributed by atoms with van der Waals surface area (Å²) in [7, 11) is 0. The number of halogens is 3. The van der Waals surface area contributed by atoms with Crippen LogP contribution in [-0.2, 0) is 0 Å². The van der Waals surface area contributed by atoms with Crippen molar-refractivity contribution < 1.29 is 18.4 Å². The van der Waals surface area contributed by atoms with E-state index in [-0.39, 0.29) is 28.1 Å². The number of nitrogens with one attached hydrogen (secondary N) is 1. The molecule has 0 spiro atoms. The molecule has 2 unspecified atom stereocenters. The maximum atomic E-state index is 14.3. The molecule has 192 valence electrons. The molecule has 2 saturated heterocycles. The van der Waals surface area contributed by atoms with Gasteiger partial charge in [-0.15, -0.1) is 0 Å². The third-order valence-electron chi connectivity index (χ3n) is 7.39. The molecule has 0 radical (unpaired) electrons. The Morgan fingerprint density at radius 3 is 2.19 bits per heavy atom. The minimum atomic E-state index is -0.597. The van der Waals surface area contributed by atoms with Crippen LogP contribution in [-0.4, -0.2) is 54.3 Å². The Hall–Kier alpha value is -3.29. The molecule has 3 aromatic rings. The van der Waals surface area contributed by atoms with Gasteiger partial charge in [-0.25, -0.2) is 8.78 Å². The number of fused-ring (bicyclic) bond motifs is 1. The van der Waals surface area contributed by atoms with Crippen LogP contribution in [0.1, 0.15) is 38.7 Å². The molecular weight excluding hydrogens is 496 g/mol. The number of hydrogen-bond donors (Lipinski definition) is 1. The van der Waals surface area contributed by atoms with Gasteiger partial charge in [0.1, 0.15) is 11.6 Å². The number of carbonyl (C=O) groups excluding carboxylic acids is 2. The first-order valence-electron chi connectivity index (χ1n) is 12.5. The Balaban J connectivity index is 1.20. The fourth-order valence-electron chi connectivity index (χ4n) is 5.50.